The molecule has 176 valence electrons. The summed E-state index contributed by atoms with van der Waals surface area (Å²) >= 11 is 7.25. The molecular weight excluding hydrogens is 484 g/mol. The van der Waals surface area contributed by atoms with Crippen LogP contribution in [-0.4, -0.2) is 67.1 Å². The van der Waals surface area contributed by atoms with Gasteiger partial charge in [0.1, 0.15) is 9.34 Å². The third-order valence-corrected chi connectivity index (χ3v) is 9.93. The monoisotopic (exact) mass is 508 g/mol. The van der Waals surface area contributed by atoms with Crippen LogP contribution in [0.4, 0.5) is 5.69 Å². The number of fused-ring (bicyclic) bond motifs is 2. The summed E-state index contributed by atoms with van der Waals surface area (Å²) in [5, 5.41) is 0.637. The molecule has 8 nitrogen and oxygen atoms in total. The van der Waals surface area contributed by atoms with E-state index in [4.69, 9.17) is 11.6 Å². The van der Waals surface area contributed by atoms with Gasteiger partial charge in [0.05, 0.1) is 17.5 Å². The summed E-state index contributed by atoms with van der Waals surface area (Å²) in [4.78, 5) is 33.3. The zero-order chi connectivity index (χ0) is 23.4. The summed E-state index contributed by atoms with van der Waals surface area (Å²) in [5.41, 5.74) is 1.07. The van der Waals surface area contributed by atoms with Gasteiger partial charge in [-0.25, -0.2) is 13.4 Å². The Morgan fingerprint density at radius 3 is 2.58 bits per heavy atom. The average molecular weight is 509 g/mol. The predicted octanol–water partition coefficient (Wildman–Crippen LogP) is 2.66. The van der Waals surface area contributed by atoms with Crippen LogP contribution in [0.1, 0.15) is 36.8 Å². The largest absolute Gasteiger partial charge is 0.342 e. The average Bonchev–Trinajstić information content (AvgIpc) is 3.56. The number of rotatable bonds is 4. The third-order valence-electron chi connectivity index (χ3n) is 6.92. The van der Waals surface area contributed by atoms with E-state index in [2.05, 4.69) is 4.98 Å². The Bertz CT molecular complexity index is 1220. The maximum atomic E-state index is 13.3. The molecule has 1 aromatic carbocycles. The number of amides is 2. The molecule has 33 heavy (non-hydrogen) atoms. The molecule has 0 saturated carbocycles. The number of thiazole rings is 1. The van der Waals surface area contributed by atoms with Gasteiger partial charge in [-0.15, -0.1) is 11.3 Å². The maximum absolute atomic E-state index is 13.3. The lowest BCUT2D eigenvalue weighted by atomic mass is 9.81. The zero-order valence-corrected chi connectivity index (χ0v) is 20.7. The van der Waals surface area contributed by atoms with Crippen LogP contribution < -0.4 is 4.90 Å². The number of carbonyl (C=O) groups excluding carboxylic acids is 2. The van der Waals surface area contributed by atoms with Gasteiger partial charge in [-0.2, -0.15) is 4.31 Å². The minimum atomic E-state index is -3.59. The molecule has 0 N–H and O–H groups in total. The Balaban J connectivity index is 1.53. The van der Waals surface area contributed by atoms with Crippen molar-refractivity contribution in [3.63, 3.8) is 0 Å². The van der Waals surface area contributed by atoms with Crippen LogP contribution in [0.25, 0.3) is 0 Å². The van der Waals surface area contributed by atoms with Crippen LogP contribution >= 0.6 is 22.9 Å². The van der Waals surface area contributed by atoms with Gasteiger partial charge in [0.15, 0.2) is 0 Å². The lowest BCUT2D eigenvalue weighted by Crippen LogP contribution is -2.40. The maximum Gasteiger partial charge on any atom is 0.243 e. The van der Waals surface area contributed by atoms with Crippen molar-refractivity contribution in [1.29, 1.82) is 0 Å². The smallest absolute Gasteiger partial charge is 0.243 e. The Morgan fingerprint density at radius 2 is 1.94 bits per heavy atom. The number of halogens is 1. The SMILES string of the molecule is CC(=O)N1CCC2(C1)CN(C(=O)Cc1ncc(Cl)s1)c1ccc(S(=O)(=O)N3CCCC3)cc12. The zero-order valence-electron chi connectivity index (χ0n) is 18.3. The molecule has 4 heterocycles. The third kappa shape index (κ3) is 3.96. The normalized spacial score (nSPS) is 23.0. The van der Waals surface area contributed by atoms with Crippen molar-refractivity contribution in [2.24, 2.45) is 0 Å². The molecule has 1 spiro atoms. The number of carbonyl (C=O) groups is 2. The minimum Gasteiger partial charge on any atom is -0.342 e. The first-order valence-electron chi connectivity index (χ1n) is 11.0. The molecular formula is C22H25ClN4O4S2. The summed E-state index contributed by atoms with van der Waals surface area (Å²) in [5.74, 6) is -0.132. The quantitative estimate of drug-likeness (QED) is 0.633. The molecule has 2 amide bonds. The number of benzene rings is 1. The number of aromatic nitrogens is 1. The molecule has 0 aliphatic carbocycles. The highest BCUT2D eigenvalue weighted by Gasteiger charge is 2.50. The molecule has 2 aromatic rings. The van der Waals surface area contributed by atoms with Crippen molar-refractivity contribution in [3.05, 3.63) is 39.3 Å². The first kappa shape index (κ1) is 22.8. The van der Waals surface area contributed by atoms with Crippen molar-refractivity contribution in [2.45, 2.75) is 42.9 Å². The molecule has 1 unspecified atom stereocenters. The molecule has 0 bridgehead atoms. The summed E-state index contributed by atoms with van der Waals surface area (Å²) in [7, 11) is -3.59. The first-order valence-corrected chi connectivity index (χ1v) is 13.6. The van der Waals surface area contributed by atoms with E-state index < -0.39 is 15.4 Å². The second-order valence-electron chi connectivity index (χ2n) is 8.98. The fourth-order valence-corrected chi connectivity index (χ4v) is 7.68. The second kappa shape index (κ2) is 8.33. The minimum absolute atomic E-state index is 0.0172. The summed E-state index contributed by atoms with van der Waals surface area (Å²) in [6, 6.07) is 5.08. The van der Waals surface area contributed by atoms with E-state index in [0.29, 0.717) is 54.2 Å². The molecule has 3 aliphatic heterocycles. The van der Waals surface area contributed by atoms with Crippen LogP contribution in [0.5, 0.6) is 0 Å². The summed E-state index contributed by atoms with van der Waals surface area (Å²) in [6.07, 6.45) is 4.07. The van der Waals surface area contributed by atoms with E-state index >= 15 is 0 Å². The number of hydrogen-bond acceptors (Lipinski definition) is 6. The van der Waals surface area contributed by atoms with E-state index in [1.807, 2.05) is 0 Å². The van der Waals surface area contributed by atoms with E-state index in [1.54, 1.807) is 28.0 Å². The molecule has 3 aliphatic rings. The first-order chi connectivity index (χ1) is 15.7. The van der Waals surface area contributed by atoms with E-state index in [0.717, 1.165) is 18.4 Å². The Labute approximate surface area is 202 Å². The van der Waals surface area contributed by atoms with Crippen LogP contribution in [0.15, 0.2) is 29.3 Å². The molecule has 2 fully saturated rings. The predicted molar refractivity (Wildman–Crippen MR) is 126 cm³/mol. The fourth-order valence-electron chi connectivity index (χ4n) is 5.19. The van der Waals surface area contributed by atoms with Crippen LogP contribution in [0, 0.1) is 0 Å². The van der Waals surface area contributed by atoms with Crippen LogP contribution in [0.2, 0.25) is 4.34 Å². The van der Waals surface area contributed by atoms with Crippen molar-refractivity contribution < 1.29 is 18.0 Å². The van der Waals surface area contributed by atoms with Crippen molar-refractivity contribution in [3.8, 4) is 0 Å². The topological polar surface area (TPSA) is 90.9 Å². The van der Waals surface area contributed by atoms with Gasteiger partial charge in [-0.05, 0) is 43.0 Å². The van der Waals surface area contributed by atoms with Crippen LogP contribution in [0.3, 0.4) is 0 Å². The van der Waals surface area contributed by atoms with Crippen molar-refractivity contribution in [2.75, 3.05) is 37.6 Å². The molecule has 0 radical (unpaired) electrons. The van der Waals surface area contributed by atoms with Gasteiger partial charge in [0, 0.05) is 50.7 Å². The summed E-state index contributed by atoms with van der Waals surface area (Å²) < 4.78 is 28.5. The highest BCUT2D eigenvalue weighted by atomic mass is 35.5. The molecule has 1 atom stereocenters. The van der Waals surface area contributed by atoms with E-state index in [9.17, 15) is 18.0 Å². The molecule has 1 aromatic heterocycles. The number of hydrogen-bond donors (Lipinski definition) is 0. The fraction of sp³-hybridized carbons (Fsp3) is 0.500. The highest BCUT2D eigenvalue weighted by Crippen LogP contribution is 2.47. The Kier molecular flexibility index (Phi) is 5.75. The molecule has 5 rings (SSSR count). The van der Waals surface area contributed by atoms with Gasteiger partial charge in [0.25, 0.3) is 0 Å². The van der Waals surface area contributed by atoms with Gasteiger partial charge < -0.3 is 9.80 Å². The lowest BCUT2D eigenvalue weighted by Gasteiger charge is -2.25. The molecule has 11 heteroatoms. The number of sulfonamides is 1. The lowest BCUT2D eigenvalue weighted by molar-refractivity contribution is -0.127. The highest BCUT2D eigenvalue weighted by molar-refractivity contribution is 7.89. The Morgan fingerprint density at radius 1 is 1.18 bits per heavy atom. The number of likely N-dealkylation sites (tertiary alicyclic amines) is 1. The standard InChI is InChI=1S/C22H25ClN4O4S2/c1-15(28)25-9-6-22(13-25)14-27(21(29)11-20-24-12-19(23)32-20)18-5-4-16(10-17(18)22)33(30,31)26-7-2-3-8-26/h4-5,10,12H,2-3,6-9,11,13-14H2,1H3. The van der Waals surface area contributed by atoms with Gasteiger partial charge in [-0.1, -0.05) is 11.6 Å². The second-order valence-corrected chi connectivity index (χ2v) is 12.7. The summed E-state index contributed by atoms with van der Waals surface area (Å²) in [6.45, 7) is 4.07. The van der Waals surface area contributed by atoms with Crippen molar-refractivity contribution >= 4 is 50.5 Å². The van der Waals surface area contributed by atoms with Gasteiger partial charge in [-0.3, -0.25) is 9.59 Å². The van der Waals surface area contributed by atoms with E-state index in [-0.39, 0.29) is 23.1 Å². The van der Waals surface area contributed by atoms with Gasteiger partial charge in [0.2, 0.25) is 21.8 Å². The molecule has 2 saturated heterocycles. The van der Waals surface area contributed by atoms with Crippen molar-refractivity contribution in [1.82, 2.24) is 14.2 Å². The number of anilines is 1. The van der Waals surface area contributed by atoms with E-state index in [1.165, 1.54) is 28.8 Å². The Hall–Kier alpha value is -2.01. The van der Waals surface area contributed by atoms with Crippen LogP contribution in [-0.2, 0) is 31.4 Å². The van der Waals surface area contributed by atoms with Gasteiger partial charge >= 0.3 is 0 Å². The number of nitrogens with zero attached hydrogens (tertiary/aromatic N) is 4.